The second-order valence-corrected chi connectivity index (χ2v) is 8.00. The molecule has 4 aromatic rings. The molecule has 3 aromatic carbocycles. The average molecular weight is 412 g/mol. The summed E-state index contributed by atoms with van der Waals surface area (Å²) in [5.41, 5.74) is 5.01. The molecule has 1 amide bonds. The largest absolute Gasteiger partial charge is 0.423 e. The van der Waals surface area contributed by atoms with Crippen LogP contribution in [0.1, 0.15) is 18.4 Å². The van der Waals surface area contributed by atoms with Crippen molar-refractivity contribution in [2.75, 3.05) is 18.0 Å². The van der Waals surface area contributed by atoms with Crippen LogP contribution in [-0.2, 0) is 11.2 Å². The van der Waals surface area contributed by atoms with Crippen molar-refractivity contribution < 1.29 is 9.21 Å². The molecule has 0 radical (unpaired) electrons. The predicted molar refractivity (Wildman–Crippen MR) is 123 cm³/mol. The standard InChI is InChI=1S/C26H25N3O2/c30-25(17-19-12-14-21(15-13-19)20-7-2-1-3-8-20)27-18-22-9-6-16-29(22)26-28-23-10-4-5-11-24(23)31-26/h1-5,7-8,10-15,22H,6,9,16-18H2,(H,27,30). The molecule has 1 fully saturated rings. The minimum atomic E-state index is 0.0388. The minimum Gasteiger partial charge on any atom is -0.423 e. The smallest absolute Gasteiger partial charge is 0.298 e. The number of carbonyl (C=O) groups excluding carboxylic acids is 1. The summed E-state index contributed by atoms with van der Waals surface area (Å²) in [7, 11) is 0. The summed E-state index contributed by atoms with van der Waals surface area (Å²) in [6, 6.07) is 27.1. The molecule has 0 aliphatic carbocycles. The molecular formula is C26H25N3O2. The Morgan fingerprint density at radius 1 is 0.968 bits per heavy atom. The van der Waals surface area contributed by atoms with Crippen LogP contribution in [0.3, 0.4) is 0 Å². The predicted octanol–water partition coefficient (Wildman–Crippen LogP) is 4.82. The van der Waals surface area contributed by atoms with Crippen LogP contribution in [-0.4, -0.2) is 30.0 Å². The zero-order valence-corrected chi connectivity index (χ0v) is 17.3. The normalized spacial score (nSPS) is 16.0. The minimum absolute atomic E-state index is 0.0388. The Morgan fingerprint density at radius 2 is 1.71 bits per heavy atom. The summed E-state index contributed by atoms with van der Waals surface area (Å²) >= 11 is 0. The highest BCUT2D eigenvalue weighted by atomic mass is 16.4. The number of anilines is 1. The number of fused-ring (bicyclic) bond motifs is 1. The average Bonchev–Trinajstić information content (AvgIpc) is 3.45. The van der Waals surface area contributed by atoms with E-state index in [1.165, 1.54) is 5.56 Å². The second kappa shape index (κ2) is 8.64. The van der Waals surface area contributed by atoms with Gasteiger partial charge in [-0.05, 0) is 41.7 Å². The Bertz CT molecular complexity index is 1140. The molecule has 1 atom stereocenters. The number of hydrogen-bond acceptors (Lipinski definition) is 4. The fourth-order valence-electron chi connectivity index (χ4n) is 4.21. The van der Waals surface area contributed by atoms with E-state index in [0.29, 0.717) is 19.0 Å². The lowest BCUT2D eigenvalue weighted by molar-refractivity contribution is -0.120. The van der Waals surface area contributed by atoms with E-state index in [-0.39, 0.29) is 11.9 Å². The highest BCUT2D eigenvalue weighted by Gasteiger charge is 2.28. The highest BCUT2D eigenvalue weighted by molar-refractivity contribution is 5.79. The maximum Gasteiger partial charge on any atom is 0.298 e. The van der Waals surface area contributed by atoms with Crippen molar-refractivity contribution in [3.63, 3.8) is 0 Å². The first-order chi connectivity index (χ1) is 15.3. The monoisotopic (exact) mass is 411 g/mol. The van der Waals surface area contributed by atoms with Crippen LogP contribution in [0.2, 0.25) is 0 Å². The van der Waals surface area contributed by atoms with Crippen molar-refractivity contribution >= 4 is 23.0 Å². The number of benzene rings is 3. The van der Waals surface area contributed by atoms with Gasteiger partial charge in [-0.3, -0.25) is 4.79 Å². The molecule has 1 unspecified atom stereocenters. The lowest BCUT2D eigenvalue weighted by Gasteiger charge is -2.23. The van der Waals surface area contributed by atoms with Gasteiger partial charge in [0.2, 0.25) is 5.91 Å². The first-order valence-electron chi connectivity index (χ1n) is 10.8. The van der Waals surface area contributed by atoms with Gasteiger partial charge in [0.05, 0.1) is 12.5 Å². The third-order valence-corrected chi connectivity index (χ3v) is 5.87. The van der Waals surface area contributed by atoms with Gasteiger partial charge >= 0.3 is 0 Å². The third-order valence-electron chi connectivity index (χ3n) is 5.87. The highest BCUT2D eigenvalue weighted by Crippen LogP contribution is 2.28. The van der Waals surface area contributed by atoms with Gasteiger partial charge < -0.3 is 14.6 Å². The molecule has 5 heteroatoms. The van der Waals surface area contributed by atoms with Crippen molar-refractivity contribution in [3.8, 4) is 11.1 Å². The van der Waals surface area contributed by atoms with Crippen molar-refractivity contribution in [1.82, 2.24) is 10.3 Å². The molecule has 0 spiro atoms. The SMILES string of the molecule is O=C(Cc1ccc(-c2ccccc2)cc1)NCC1CCCN1c1nc2ccccc2o1. The molecule has 2 heterocycles. The van der Waals surface area contributed by atoms with Crippen LogP contribution in [0.15, 0.2) is 83.3 Å². The molecule has 31 heavy (non-hydrogen) atoms. The van der Waals surface area contributed by atoms with E-state index in [9.17, 15) is 4.79 Å². The van der Waals surface area contributed by atoms with Gasteiger partial charge in [-0.2, -0.15) is 4.98 Å². The Labute approximate surface area is 181 Å². The summed E-state index contributed by atoms with van der Waals surface area (Å²) in [6.07, 6.45) is 2.47. The number of carbonyl (C=O) groups is 1. The quantitative estimate of drug-likeness (QED) is 0.494. The number of oxazole rings is 1. The molecule has 5 nitrogen and oxygen atoms in total. The Hall–Kier alpha value is -3.60. The van der Waals surface area contributed by atoms with Crippen LogP contribution in [0.4, 0.5) is 6.01 Å². The zero-order chi connectivity index (χ0) is 21.0. The molecule has 1 N–H and O–H groups in total. The van der Waals surface area contributed by atoms with E-state index < -0.39 is 0 Å². The van der Waals surface area contributed by atoms with E-state index in [0.717, 1.165) is 41.6 Å². The van der Waals surface area contributed by atoms with Crippen LogP contribution in [0.25, 0.3) is 22.2 Å². The second-order valence-electron chi connectivity index (χ2n) is 8.00. The molecule has 1 saturated heterocycles. The summed E-state index contributed by atoms with van der Waals surface area (Å²) in [5.74, 6) is 0.0388. The number of nitrogens with zero attached hydrogens (tertiary/aromatic N) is 2. The fourth-order valence-corrected chi connectivity index (χ4v) is 4.21. The number of rotatable bonds is 6. The van der Waals surface area contributed by atoms with Gasteiger partial charge in [-0.25, -0.2) is 0 Å². The van der Waals surface area contributed by atoms with Gasteiger partial charge in [0, 0.05) is 13.1 Å². The molecular weight excluding hydrogens is 386 g/mol. The van der Waals surface area contributed by atoms with E-state index in [2.05, 4.69) is 39.5 Å². The van der Waals surface area contributed by atoms with E-state index >= 15 is 0 Å². The fraction of sp³-hybridized carbons (Fsp3) is 0.231. The van der Waals surface area contributed by atoms with Crippen LogP contribution in [0, 0.1) is 0 Å². The lowest BCUT2D eigenvalue weighted by atomic mass is 10.0. The number of amides is 1. The third kappa shape index (κ3) is 4.31. The number of hydrogen-bond donors (Lipinski definition) is 1. The van der Waals surface area contributed by atoms with Crippen LogP contribution < -0.4 is 10.2 Å². The number of para-hydroxylation sites is 2. The van der Waals surface area contributed by atoms with Crippen LogP contribution in [0.5, 0.6) is 0 Å². The summed E-state index contributed by atoms with van der Waals surface area (Å²) in [4.78, 5) is 19.3. The van der Waals surface area contributed by atoms with Crippen molar-refractivity contribution in [1.29, 1.82) is 0 Å². The maximum absolute atomic E-state index is 12.5. The number of aromatic nitrogens is 1. The van der Waals surface area contributed by atoms with Crippen LogP contribution >= 0.6 is 0 Å². The summed E-state index contributed by atoms with van der Waals surface area (Å²) in [6.45, 7) is 1.49. The molecule has 1 aliphatic rings. The van der Waals surface area contributed by atoms with Crippen molar-refractivity contribution in [3.05, 3.63) is 84.4 Å². The van der Waals surface area contributed by atoms with Gasteiger partial charge in [0.1, 0.15) is 5.52 Å². The zero-order valence-electron chi connectivity index (χ0n) is 17.3. The Morgan fingerprint density at radius 3 is 2.52 bits per heavy atom. The molecule has 0 saturated carbocycles. The molecule has 5 rings (SSSR count). The number of nitrogens with one attached hydrogen (secondary N) is 1. The topological polar surface area (TPSA) is 58.4 Å². The Kier molecular flexibility index (Phi) is 5.40. The summed E-state index contributed by atoms with van der Waals surface area (Å²) < 4.78 is 5.93. The first-order valence-corrected chi connectivity index (χ1v) is 10.8. The van der Waals surface area contributed by atoms with Crippen molar-refractivity contribution in [2.24, 2.45) is 0 Å². The van der Waals surface area contributed by atoms with Gasteiger partial charge in [-0.1, -0.05) is 66.7 Å². The maximum atomic E-state index is 12.5. The Balaban J connectivity index is 1.18. The summed E-state index contributed by atoms with van der Waals surface area (Å²) in [5, 5.41) is 3.10. The van der Waals surface area contributed by atoms with Gasteiger partial charge in [-0.15, -0.1) is 0 Å². The molecule has 0 bridgehead atoms. The molecule has 1 aromatic heterocycles. The molecule has 156 valence electrons. The molecule has 1 aliphatic heterocycles. The van der Waals surface area contributed by atoms with Gasteiger partial charge in [0.15, 0.2) is 5.58 Å². The first kappa shape index (κ1) is 19.4. The van der Waals surface area contributed by atoms with E-state index in [1.54, 1.807) is 0 Å². The van der Waals surface area contributed by atoms with Crippen molar-refractivity contribution in [2.45, 2.75) is 25.3 Å². The lowest BCUT2D eigenvalue weighted by Crippen LogP contribution is -2.40. The van der Waals surface area contributed by atoms with E-state index in [4.69, 9.17) is 4.42 Å². The van der Waals surface area contributed by atoms with Gasteiger partial charge in [0.25, 0.3) is 6.01 Å². The van der Waals surface area contributed by atoms with E-state index in [1.807, 2.05) is 54.6 Å².